The molecule has 0 amide bonds. The Balaban J connectivity index is 1.69. The van der Waals surface area contributed by atoms with Crippen LogP contribution in [0.3, 0.4) is 0 Å². The number of likely N-dealkylation sites (tertiary alicyclic amines) is 1. The van der Waals surface area contributed by atoms with Gasteiger partial charge in [0, 0.05) is 12.6 Å². The van der Waals surface area contributed by atoms with E-state index < -0.39 is 0 Å². The Bertz CT molecular complexity index is 351. The van der Waals surface area contributed by atoms with Crippen molar-refractivity contribution < 1.29 is 4.42 Å². The molecule has 3 heteroatoms. The molecule has 0 aromatic carbocycles. The van der Waals surface area contributed by atoms with E-state index >= 15 is 0 Å². The molecule has 1 saturated heterocycles. The van der Waals surface area contributed by atoms with Gasteiger partial charge >= 0.3 is 0 Å². The van der Waals surface area contributed by atoms with Crippen LogP contribution < -0.4 is 5.32 Å². The molecule has 0 bridgehead atoms. The maximum Gasteiger partial charge on any atom is 0.117 e. The van der Waals surface area contributed by atoms with Crippen LogP contribution in [0.1, 0.15) is 24.4 Å². The molecule has 0 spiro atoms. The smallest absolute Gasteiger partial charge is 0.117 e. The first-order chi connectivity index (χ1) is 8.28. The zero-order valence-corrected chi connectivity index (χ0v) is 10.6. The Kier molecular flexibility index (Phi) is 4.40. The van der Waals surface area contributed by atoms with Gasteiger partial charge in [-0.25, -0.2) is 0 Å². The Labute approximate surface area is 103 Å². The second-order valence-electron chi connectivity index (χ2n) is 4.76. The summed E-state index contributed by atoms with van der Waals surface area (Å²) >= 11 is 0. The zero-order chi connectivity index (χ0) is 12.1. The highest BCUT2D eigenvalue weighted by atomic mass is 16.3. The van der Waals surface area contributed by atoms with Gasteiger partial charge in [0.25, 0.3) is 0 Å². The van der Waals surface area contributed by atoms with E-state index in [2.05, 4.69) is 22.9 Å². The number of hydrogen-bond donors (Lipinski definition) is 1. The second kappa shape index (κ2) is 6.03. The minimum atomic E-state index is 0.626. The molecule has 3 nitrogen and oxygen atoms in total. The predicted octanol–water partition coefficient (Wildman–Crippen LogP) is 2.33. The van der Waals surface area contributed by atoms with Crippen molar-refractivity contribution in [3.8, 4) is 0 Å². The first kappa shape index (κ1) is 12.4. The van der Waals surface area contributed by atoms with Crippen LogP contribution in [0.15, 0.2) is 29.2 Å². The van der Waals surface area contributed by atoms with E-state index in [0.29, 0.717) is 6.04 Å². The van der Waals surface area contributed by atoms with Crippen molar-refractivity contribution in [2.75, 3.05) is 19.6 Å². The molecular weight excluding hydrogens is 212 g/mol. The molecule has 0 aliphatic carbocycles. The number of hydrogen-bond acceptors (Lipinski definition) is 3. The quantitative estimate of drug-likeness (QED) is 0.793. The van der Waals surface area contributed by atoms with E-state index in [9.17, 15) is 0 Å². The van der Waals surface area contributed by atoms with Gasteiger partial charge in [0.05, 0.1) is 6.54 Å². The highest BCUT2D eigenvalue weighted by molar-refractivity contribution is 5.05. The summed E-state index contributed by atoms with van der Waals surface area (Å²) in [5, 5.41) is 3.57. The lowest BCUT2D eigenvalue weighted by molar-refractivity contribution is 0.212. The molecule has 0 atom stereocenters. The summed E-state index contributed by atoms with van der Waals surface area (Å²) in [5.74, 6) is 2.03. The van der Waals surface area contributed by atoms with Crippen molar-refractivity contribution in [2.24, 2.45) is 0 Å². The first-order valence-electron chi connectivity index (χ1n) is 6.40. The fourth-order valence-corrected chi connectivity index (χ4v) is 2.33. The number of rotatable bonds is 5. The molecule has 1 aromatic heterocycles. The normalized spacial score (nSPS) is 18.4. The van der Waals surface area contributed by atoms with Crippen LogP contribution in [0.25, 0.3) is 0 Å². The first-order valence-corrected chi connectivity index (χ1v) is 6.40. The topological polar surface area (TPSA) is 28.4 Å². The molecule has 2 rings (SSSR count). The van der Waals surface area contributed by atoms with Crippen LogP contribution in [0.5, 0.6) is 0 Å². The van der Waals surface area contributed by atoms with Crippen LogP contribution in [-0.4, -0.2) is 30.6 Å². The molecule has 2 heterocycles. The third-order valence-electron chi connectivity index (χ3n) is 3.34. The van der Waals surface area contributed by atoms with Gasteiger partial charge in [-0.2, -0.15) is 0 Å². The summed E-state index contributed by atoms with van der Waals surface area (Å²) in [6.07, 6.45) is 4.42. The largest absolute Gasteiger partial charge is 0.465 e. The van der Waals surface area contributed by atoms with E-state index in [-0.39, 0.29) is 0 Å². The number of nitrogens with one attached hydrogen (secondary N) is 1. The van der Waals surface area contributed by atoms with E-state index in [1.807, 2.05) is 19.1 Å². The monoisotopic (exact) mass is 234 g/mol. The molecule has 94 valence electrons. The minimum Gasteiger partial charge on any atom is -0.465 e. The average molecular weight is 234 g/mol. The molecule has 1 aliphatic heterocycles. The van der Waals surface area contributed by atoms with Gasteiger partial charge in [0.1, 0.15) is 11.5 Å². The van der Waals surface area contributed by atoms with Crippen molar-refractivity contribution in [3.63, 3.8) is 0 Å². The van der Waals surface area contributed by atoms with Crippen molar-refractivity contribution in [3.05, 3.63) is 36.3 Å². The Morgan fingerprint density at radius 2 is 2.24 bits per heavy atom. The molecule has 1 aromatic rings. The van der Waals surface area contributed by atoms with Crippen LogP contribution in [-0.2, 0) is 6.54 Å². The van der Waals surface area contributed by atoms with Crippen molar-refractivity contribution in [2.45, 2.75) is 32.4 Å². The molecule has 1 fully saturated rings. The molecule has 0 radical (unpaired) electrons. The van der Waals surface area contributed by atoms with Gasteiger partial charge in [-0.15, -0.1) is 6.58 Å². The van der Waals surface area contributed by atoms with Crippen molar-refractivity contribution >= 4 is 0 Å². The van der Waals surface area contributed by atoms with E-state index in [1.165, 1.54) is 25.9 Å². The van der Waals surface area contributed by atoms with Crippen LogP contribution in [0.2, 0.25) is 0 Å². The Morgan fingerprint density at radius 3 is 2.82 bits per heavy atom. The zero-order valence-electron chi connectivity index (χ0n) is 10.6. The summed E-state index contributed by atoms with van der Waals surface area (Å²) in [6.45, 7) is 9.97. The fourth-order valence-electron chi connectivity index (χ4n) is 2.33. The van der Waals surface area contributed by atoms with Crippen LogP contribution in [0.4, 0.5) is 0 Å². The number of piperidine rings is 1. The van der Waals surface area contributed by atoms with Gasteiger partial charge in [-0.3, -0.25) is 4.90 Å². The molecule has 1 aliphatic rings. The highest BCUT2D eigenvalue weighted by Gasteiger charge is 2.17. The summed E-state index contributed by atoms with van der Waals surface area (Å²) in [7, 11) is 0. The lowest BCUT2D eigenvalue weighted by Crippen LogP contribution is -2.42. The van der Waals surface area contributed by atoms with Crippen molar-refractivity contribution in [1.29, 1.82) is 0 Å². The third-order valence-corrected chi connectivity index (χ3v) is 3.34. The molecule has 0 saturated carbocycles. The fraction of sp³-hybridized carbons (Fsp3) is 0.571. The van der Waals surface area contributed by atoms with Gasteiger partial charge in [-0.1, -0.05) is 6.08 Å². The SMILES string of the molecule is C=CCN1CCC(NCc2ccc(C)o2)CC1. The van der Waals surface area contributed by atoms with Crippen molar-refractivity contribution in [1.82, 2.24) is 10.2 Å². The minimum absolute atomic E-state index is 0.626. The standard InChI is InChI=1S/C14H22N2O/c1-3-8-16-9-6-13(7-10-16)15-11-14-5-4-12(2)17-14/h3-5,13,15H,1,6-11H2,2H3. The van der Waals surface area contributed by atoms with E-state index in [0.717, 1.165) is 24.6 Å². The van der Waals surface area contributed by atoms with E-state index in [1.54, 1.807) is 0 Å². The molecular formula is C14H22N2O. The van der Waals surface area contributed by atoms with Gasteiger partial charge < -0.3 is 9.73 Å². The molecule has 17 heavy (non-hydrogen) atoms. The lowest BCUT2D eigenvalue weighted by Gasteiger charge is -2.31. The Morgan fingerprint density at radius 1 is 1.47 bits per heavy atom. The number of aryl methyl sites for hydroxylation is 1. The third kappa shape index (κ3) is 3.72. The number of nitrogens with zero attached hydrogens (tertiary/aromatic N) is 1. The highest BCUT2D eigenvalue weighted by Crippen LogP contribution is 2.12. The summed E-state index contributed by atoms with van der Waals surface area (Å²) < 4.78 is 5.55. The van der Waals surface area contributed by atoms with Crippen LogP contribution in [0, 0.1) is 6.92 Å². The lowest BCUT2D eigenvalue weighted by atomic mass is 10.1. The summed E-state index contributed by atoms with van der Waals surface area (Å²) in [6, 6.07) is 4.69. The Hall–Kier alpha value is -1.06. The number of furan rings is 1. The molecule has 0 unspecified atom stereocenters. The maximum absolute atomic E-state index is 5.55. The van der Waals surface area contributed by atoms with Gasteiger partial charge in [-0.05, 0) is 45.0 Å². The predicted molar refractivity (Wildman–Crippen MR) is 69.9 cm³/mol. The van der Waals surface area contributed by atoms with E-state index in [4.69, 9.17) is 4.42 Å². The average Bonchev–Trinajstić information content (AvgIpc) is 2.75. The summed E-state index contributed by atoms with van der Waals surface area (Å²) in [4.78, 5) is 2.45. The van der Waals surface area contributed by atoms with Crippen LogP contribution >= 0.6 is 0 Å². The van der Waals surface area contributed by atoms with Gasteiger partial charge in [0.15, 0.2) is 0 Å². The molecule has 1 N–H and O–H groups in total. The van der Waals surface area contributed by atoms with Gasteiger partial charge in [0.2, 0.25) is 0 Å². The summed E-state index contributed by atoms with van der Waals surface area (Å²) in [5.41, 5.74) is 0. The second-order valence-corrected chi connectivity index (χ2v) is 4.76. The maximum atomic E-state index is 5.55.